The van der Waals surface area contributed by atoms with Gasteiger partial charge in [-0.2, -0.15) is 0 Å². The topological polar surface area (TPSA) is 55.4 Å². The van der Waals surface area contributed by atoms with E-state index in [-0.39, 0.29) is 10.8 Å². The van der Waals surface area contributed by atoms with Crippen LogP contribution in [-0.4, -0.2) is 19.0 Å². The number of hydrogen-bond donors (Lipinski definition) is 1. The van der Waals surface area contributed by atoms with E-state index < -0.39 is 5.97 Å². The van der Waals surface area contributed by atoms with Gasteiger partial charge < -0.3 is 10.1 Å². The molecule has 26 heavy (non-hydrogen) atoms. The molecule has 0 saturated carbocycles. The van der Waals surface area contributed by atoms with Crippen LogP contribution in [0.2, 0.25) is 5.02 Å². The molecular weight excluding hydrogens is 370 g/mol. The highest BCUT2D eigenvalue weighted by Crippen LogP contribution is 2.31. The second-order valence-electron chi connectivity index (χ2n) is 5.63. The fourth-order valence-electron chi connectivity index (χ4n) is 2.61. The maximum absolute atomic E-state index is 12.6. The molecule has 0 saturated heterocycles. The summed E-state index contributed by atoms with van der Waals surface area (Å²) in [5, 5.41) is 5.09. The van der Waals surface area contributed by atoms with E-state index in [1.165, 1.54) is 18.4 Å². The number of amides is 1. The lowest BCUT2D eigenvalue weighted by molar-refractivity contribution is 0.0603. The monoisotopic (exact) mass is 385 g/mol. The largest absolute Gasteiger partial charge is 0.465 e. The van der Waals surface area contributed by atoms with Crippen LogP contribution < -0.4 is 5.32 Å². The third-order valence-corrected chi connectivity index (χ3v) is 5.28. The Balaban J connectivity index is 1.86. The van der Waals surface area contributed by atoms with Crippen LogP contribution in [0, 0.1) is 6.92 Å². The molecule has 3 rings (SSSR count). The number of halogens is 1. The Morgan fingerprint density at radius 2 is 1.85 bits per heavy atom. The summed E-state index contributed by atoms with van der Waals surface area (Å²) in [4.78, 5) is 24.8. The summed E-state index contributed by atoms with van der Waals surface area (Å²) in [6.07, 6.45) is 0. The Kier molecular flexibility index (Phi) is 5.40. The molecule has 0 fully saturated rings. The van der Waals surface area contributed by atoms with Crippen molar-refractivity contribution < 1.29 is 14.3 Å². The summed E-state index contributed by atoms with van der Waals surface area (Å²) in [7, 11) is 1.29. The molecule has 0 aliphatic carbocycles. The van der Waals surface area contributed by atoms with Crippen LogP contribution in [-0.2, 0) is 4.74 Å². The summed E-state index contributed by atoms with van der Waals surface area (Å²) in [5.74, 6) is -0.890. The Labute approximate surface area is 160 Å². The maximum Gasteiger partial charge on any atom is 0.348 e. The van der Waals surface area contributed by atoms with Crippen molar-refractivity contribution in [2.75, 3.05) is 12.4 Å². The molecule has 6 heteroatoms. The predicted molar refractivity (Wildman–Crippen MR) is 105 cm³/mol. The number of anilines is 1. The molecule has 1 N–H and O–H groups in total. The summed E-state index contributed by atoms with van der Waals surface area (Å²) in [5.41, 5.74) is 3.48. The van der Waals surface area contributed by atoms with Gasteiger partial charge in [0.2, 0.25) is 0 Å². The molecule has 0 unspecified atom stereocenters. The van der Waals surface area contributed by atoms with Crippen LogP contribution in [0.1, 0.15) is 25.6 Å². The van der Waals surface area contributed by atoms with Crippen molar-refractivity contribution in [1.82, 2.24) is 0 Å². The number of carbonyl (C=O) groups is 2. The van der Waals surface area contributed by atoms with Crippen molar-refractivity contribution in [3.63, 3.8) is 0 Å². The first-order valence-corrected chi connectivity index (χ1v) is 9.09. The second kappa shape index (κ2) is 7.72. The first-order valence-electron chi connectivity index (χ1n) is 7.84. The molecule has 0 atom stereocenters. The fourth-order valence-corrected chi connectivity index (χ4v) is 3.86. The predicted octanol–water partition coefficient (Wildman–Crippen LogP) is 5.42. The van der Waals surface area contributed by atoms with E-state index in [2.05, 4.69) is 5.32 Å². The van der Waals surface area contributed by atoms with Gasteiger partial charge in [0.05, 0.1) is 17.7 Å². The minimum atomic E-state index is -0.522. The summed E-state index contributed by atoms with van der Waals surface area (Å²) >= 11 is 7.57. The van der Waals surface area contributed by atoms with Crippen molar-refractivity contribution in [2.45, 2.75) is 6.92 Å². The number of hydrogen-bond acceptors (Lipinski definition) is 4. The highest BCUT2D eigenvalue weighted by molar-refractivity contribution is 7.12. The van der Waals surface area contributed by atoms with Crippen LogP contribution in [0.4, 0.5) is 5.69 Å². The number of methoxy groups -OCH3 is 1. The molecule has 1 aromatic heterocycles. The molecule has 132 valence electrons. The number of carbonyl (C=O) groups excluding carboxylic acids is 2. The van der Waals surface area contributed by atoms with Crippen molar-refractivity contribution in [2.24, 2.45) is 0 Å². The molecule has 3 aromatic rings. The molecule has 4 nitrogen and oxygen atoms in total. The standard InChI is InChI=1S/C20H16ClNO3S/c1-12-11-26-18(20(24)25-2)17(12)19(23)22-14-8-9-15(16(21)10-14)13-6-4-3-5-7-13/h3-11H,1-2H3,(H,22,23). The SMILES string of the molecule is COC(=O)c1scc(C)c1C(=O)Nc1ccc(-c2ccccc2)c(Cl)c1. The highest BCUT2D eigenvalue weighted by atomic mass is 35.5. The van der Waals surface area contributed by atoms with Crippen molar-refractivity contribution in [1.29, 1.82) is 0 Å². The minimum absolute atomic E-state index is 0.287. The van der Waals surface area contributed by atoms with Crippen LogP contribution in [0.25, 0.3) is 11.1 Å². The Morgan fingerprint density at radius 3 is 2.50 bits per heavy atom. The van der Waals surface area contributed by atoms with E-state index in [0.29, 0.717) is 16.3 Å². The first-order chi connectivity index (χ1) is 12.5. The Bertz CT molecular complexity index is 966. The maximum atomic E-state index is 12.6. The van der Waals surface area contributed by atoms with E-state index >= 15 is 0 Å². The smallest absolute Gasteiger partial charge is 0.348 e. The van der Waals surface area contributed by atoms with Crippen LogP contribution >= 0.6 is 22.9 Å². The summed E-state index contributed by atoms with van der Waals surface area (Å²) in [6.45, 7) is 1.78. The fraction of sp³-hybridized carbons (Fsp3) is 0.100. The Hall–Kier alpha value is -2.63. The zero-order chi connectivity index (χ0) is 18.7. The van der Waals surface area contributed by atoms with E-state index in [0.717, 1.165) is 16.7 Å². The first kappa shape index (κ1) is 18.2. The molecule has 0 radical (unpaired) electrons. The van der Waals surface area contributed by atoms with Gasteiger partial charge in [0.25, 0.3) is 5.91 Å². The van der Waals surface area contributed by atoms with Crippen molar-refractivity contribution >= 4 is 40.5 Å². The molecule has 1 heterocycles. The number of esters is 1. The van der Waals surface area contributed by atoms with Crippen molar-refractivity contribution in [3.05, 3.63) is 74.9 Å². The Morgan fingerprint density at radius 1 is 1.12 bits per heavy atom. The minimum Gasteiger partial charge on any atom is -0.465 e. The number of rotatable bonds is 4. The number of ether oxygens (including phenoxy) is 1. The van der Waals surface area contributed by atoms with Gasteiger partial charge in [0.1, 0.15) is 4.88 Å². The summed E-state index contributed by atoms with van der Waals surface area (Å²) < 4.78 is 4.74. The van der Waals surface area contributed by atoms with Gasteiger partial charge in [0.15, 0.2) is 0 Å². The molecule has 0 aliphatic heterocycles. The average molecular weight is 386 g/mol. The zero-order valence-corrected chi connectivity index (χ0v) is 15.8. The average Bonchev–Trinajstić information content (AvgIpc) is 3.03. The lowest BCUT2D eigenvalue weighted by atomic mass is 10.1. The third kappa shape index (κ3) is 3.64. The van der Waals surface area contributed by atoms with E-state index in [9.17, 15) is 9.59 Å². The van der Waals surface area contributed by atoms with Gasteiger partial charge >= 0.3 is 5.97 Å². The molecular formula is C20H16ClNO3S. The number of aryl methyl sites for hydroxylation is 1. The lowest BCUT2D eigenvalue weighted by Gasteiger charge is -2.10. The van der Waals surface area contributed by atoms with Gasteiger partial charge in [-0.25, -0.2) is 4.79 Å². The van der Waals surface area contributed by atoms with Gasteiger partial charge in [-0.05, 0) is 35.6 Å². The van der Waals surface area contributed by atoms with Gasteiger partial charge in [-0.1, -0.05) is 48.0 Å². The van der Waals surface area contributed by atoms with Gasteiger partial charge in [-0.15, -0.1) is 11.3 Å². The molecule has 0 spiro atoms. The van der Waals surface area contributed by atoms with Crippen LogP contribution in [0.5, 0.6) is 0 Å². The van der Waals surface area contributed by atoms with Crippen molar-refractivity contribution in [3.8, 4) is 11.1 Å². The van der Waals surface area contributed by atoms with E-state index in [1.807, 2.05) is 36.4 Å². The molecule has 2 aromatic carbocycles. The van der Waals surface area contributed by atoms with Gasteiger partial charge in [-0.3, -0.25) is 4.79 Å². The van der Waals surface area contributed by atoms with Gasteiger partial charge in [0, 0.05) is 11.3 Å². The highest BCUT2D eigenvalue weighted by Gasteiger charge is 2.22. The number of nitrogens with one attached hydrogen (secondary N) is 1. The molecule has 0 aliphatic rings. The molecule has 0 bridgehead atoms. The number of benzene rings is 2. The third-order valence-electron chi connectivity index (χ3n) is 3.88. The zero-order valence-electron chi connectivity index (χ0n) is 14.2. The molecule has 1 amide bonds. The van der Waals surface area contributed by atoms with Crippen LogP contribution in [0.15, 0.2) is 53.9 Å². The quantitative estimate of drug-likeness (QED) is 0.610. The number of thiophene rings is 1. The van der Waals surface area contributed by atoms with Crippen LogP contribution in [0.3, 0.4) is 0 Å². The normalized spacial score (nSPS) is 10.4. The van der Waals surface area contributed by atoms with E-state index in [1.54, 1.807) is 24.4 Å². The second-order valence-corrected chi connectivity index (χ2v) is 6.92. The summed E-state index contributed by atoms with van der Waals surface area (Å²) in [6, 6.07) is 15.1. The lowest BCUT2D eigenvalue weighted by Crippen LogP contribution is -2.16. The van der Waals surface area contributed by atoms with E-state index in [4.69, 9.17) is 16.3 Å².